The fourth-order valence-electron chi connectivity index (χ4n) is 2.23. The molecule has 0 saturated heterocycles. The predicted octanol–water partition coefficient (Wildman–Crippen LogP) is 2.70. The Morgan fingerprint density at radius 3 is 2.19 bits per heavy atom. The first-order chi connectivity index (χ1) is 10.2. The van der Waals surface area contributed by atoms with Crippen LogP contribution in [0.15, 0.2) is 64.2 Å². The summed E-state index contributed by atoms with van der Waals surface area (Å²) in [6.45, 7) is 0.366. The van der Waals surface area contributed by atoms with Crippen molar-refractivity contribution in [2.24, 2.45) is 0 Å². The van der Waals surface area contributed by atoms with Gasteiger partial charge in [0.2, 0.25) is 10.9 Å². The van der Waals surface area contributed by atoms with Crippen LogP contribution in [0.3, 0.4) is 0 Å². The van der Waals surface area contributed by atoms with E-state index < -0.39 is 10.9 Å². The normalized spacial score (nSPS) is 10.7. The van der Waals surface area contributed by atoms with Crippen LogP contribution in [0.2, 0.25) is 0 Å². The predicted molar refractivity (Wildman–Crippen MR) is 80.5 cm³/mol. The average Bonchev–Trinajstić information content (AvgIpc) is 2.53. The lowest BCUT2D eigenvalue weighted by Crippen LogP contribution is -2.36. The van der Waals surface area contributed by atoms with Crippen molar-refractivity contribution in [3.05, 3.63) is 86.4 Å². The summed E-state index contributed by atoms with van der Waals surface area (Å²) in [5, 5.41) is 2.97. The maximum atomic E-state index is 12.8. The van der Waals surface area contributed by atoms with Gasteiger partial charge in [-0.2, -0.15) is 0 Å². The Morgan fingerprint density at radius 2 is 1.52 bits per heavy atom. The topological polar surface area (TPSA) is 46.2 Å². The molecule has 3 rings (SSSR count). The molecule has 0 fully saturated rings. The molecule has 1 N–H and O–H groups in total. The second-order valence-corrected chi connectivity index (χ2v) is 4.75. The molecule has 0 spiro atoms. The molecular weight excluding hydrogens is 269 g/mol. The summed E-state index contributed by atoms with van der Waals surface area (Å²) in [7, 11) is 0. The number of halogens is 1. The van der Waals surface area contributed by atoms with Crippen molar-refractivity contribution in [3.8, 4) is 11.1 Å². The Hall–Kier alpha value is -2.75. The van der Waals surface area contributed by atoms with Crippen LogP contribution < -0.4 is 16.2 Å². The van der Waals surface area contributed by atoms with Gasteiger partial charge in [0.1, 0.15) is 5.82 Å². The van der Waals surface area contributed by atoms with Crippen LogP contribution in [0.5, 0.6) is 0 Å². The van der Waals surface area contributed by atoms with Crippen molar-refractivity contribution >= 4 is 5.69 Å². The highest BCUT2D eigenvalue weighted by atomic mass is 19.1. The summed E-state index contributed by atoms with van der Waals surface area (Å²) >= 11 is 0. The summed E-state index contributed by atoms with van der Waals surface area (Å²) in [6, 6.07) is 15.0. The van der Waals surface area contributed by atoms with Crippen molar-refractivity contribution in [2.75, 3.05) is 5.32 Å². The third-order valence-electron chi connectivity index (χ3n) is 3.36. The fourth-order valence-corrected chi connectivity index (χ4v) is 2.23. The summed E-state index contributed by atoms with van der Waals surface area (Å²) in [4.78, 5) is 23.4. The average molecular weight is 281 g/mol. The van der Waals surface area contributed by atoms with Gasteiger partial charge in [0.15, 0.2) is 0 Å². The number of hydrogen-bond acceptors (Lipinski definition) is 3. The van der Waals surface area contributed by atoms with E-state index in [1.165, 1.54) is 12.1 Å². The van der Waals surface area contributed by atoms with Crippen molar-refractivity contribution < 1.29 is 4.39 Å². The number of anilines is 1. The van der Waals surface area contributed by atoms with E-state index >= 15 is 0 Å². The van der Waals surface area contributed by atoms with Gasteiger partial charge in [-0.05, 0) is 23.3 Å². The highest BCUT2D eigenvalue weighted by molar-refractivity contribution is 5.81. The zero-order valence-electron chi connectivity index (χ0n) is 11.1. The Kier molecular flexibility index (Phi) is 3.36. The van der Waals surface area contributed by atoms with E-state index in [1.54, 1.807) is 24.3 Å². The van der Waals surface area contributed by atoms with Crippen LogP contribution in [0.25, 0.3) is 11.1 Å². The van der Waals surface area contributed by atoms with Crippen LogP contribution in [-0.2, 0) is 6.54 Å². The quantitative estimate of drug-likeness (QED) is 0.748. The zero-order chi connectivity index (χ0) is 14.8. The Morgan fingerprint density at radius 1 is 0.857 bits per heavy atom. The molecule has 3 nitrogen and oxygen atoms in total. The molecule has 21 heavy (non-hydrogen) atoms. The Labute approximate surface area is 120 Å². The van der Waals surface area contributed by atoms with E-state index in [4.69, 9.17) is 0 Å². The third-order valence-corrected chi connectivity index (χ3v) is 3.36. The smallest absolute Gasteiger partial charge is 0.250 e. The van der Waals surface area contributed by atoms with E-state index in [9.17, 15) is 14.0 Å². The molecule has 0 atom stereocenters. The van der Waals surface area contributed by atoms with Gasteiger partial charge in [-0.25, -0.2) is 4.39 Å². The van der Waals surface area contributed by atoms with Gasteiger partial charge in [-0.1, -0.05) is 42.5 Å². The first kappa shape index (κ1) is 13.2. The second kappa shape index (κ2) is 5.32. The van der Waals surface area contributed by atoms with E-state index in [-0.39, 0.29) is 5.82 Å². The lowest BCUT2D eigenvalue weighted by atomic mass is 9.98. The number of hydrogen-bond donors (Lipinski definition) is 1. The molecule has 0 radical (unpaired) electrons. The van der Waals surface area contributed by atoms with Crippen LogP contribution in [0.4, 0.5) is 10.1 Å². The number of benzene rings is 2. The van der Waals surface area contributed by atoms with Crippen molar-refractivity contribution in [1.82, 2.24) is 0 Å². The summed E-state index contributed by atoms with van der Waals surface area (Å²) in [5.41, 5.74) is 1.34. The molecular formula is C17H12FNO2. The Balaban J connectivity index is 1.84. The van der Waals surface area contributed by atoms with Gasteiger partial charge in [-0.15, -0.1) is 0 Å². The molecule has 0 aromatic heterocycles. The van der Waals surface area contributed by atoms with Crippen LogP contribution in [0.1, 0.15) is 5.56 Å². The summed E-state index contributed by atoms with van der Waals surface area (Å²) in [5.74, 6) is -0.308. The van der Waals surface area contributed by atoms with Crippen LogP contribution in [0, 0.1) is 5.82 Å². The lowest BCUT2D eigenvalue weighted by molar-refractivity contribution is 0.627. The summed E-state index contributed by atoms with van der Waals surface area (Å²) in [6.07, 6.45) is 0. The molecule has 0 bridgehead atoms. The molecule has 3 aromatic rings. The minimum atomic E-state index is -0.504. The fraction of sp³-hybridized carbons (Fsp3) is 0.0588. The van der Waals surface area contributed by atoms with E-state index in [1.807, 2.05) is 18.2 Å². The zero-order valence-corrected chi connectivity index (χ0v) is 11.1. The van der Waals surface area contributed by atoms with Gasteiger partial charge < -0.3 is 5.32 Å². The van der Waals surface area contributed by atoms with Gasteiger partial charge in [0, 0.05) is 6.54 Å². The standard InChI is InChI=1S/C17H12FNO2/c18-13-8-6-11(7-9-13)10-19-15-14(16(20)17(15)21)12-4-2-1-3-5-12/h1-9,19H,10H2. The highest BCUT2D eigenvalue weighted by Gasteiger charge is 2.21. The van der Waals surface area contributed by atoms with E-state index in [2.05, 4.69) is 5.32 Å². The van der Waals surface area contributed by atoms with E-state index in [0.717, 1.165) is 11.1 Å². The minimum absolute atomic E-state index is 0.308. The second-order valence-electron chi connectivity index (χ2n) is 4.75. The first-order valence-electron chi connectivity index (χ1n) is 6.54. The van der Waals surface area contributed by atoms with Gasteiger partial charge in [-0.3, -0.25) is 9.59 Å². The van der Waals surface area contributed by atoms with Gasteiger partial charge >= 0.3 is 0 Å². The van der Waals surface area contributed by atoms with Crippen molar-refractivity contribution in [1.29, 1.82) is 0 Å². The molecule has 104 valence electrons. The van der Waals surface area contributed by atoms with Gasteiger partial charge in [0.05, 0.1) is 11.3 Å². The maximum absolute atomic E-state index is 12.8. The van der Waals surface area contributed by atoms with Crippen molar-refractivity contribution in [3.63, 3.8) is 0 Å². The SMILES string of the molecule is O=c1c(NCc2ccc(F)cc2)c(-c2ccccc2)c1=O. The lowest BCUT2D eigenvalue weighted by Gasteiger charge is -2.13. The minimum Gasteiger partial charge on any atom is -0.377 e. The monoisotopic (exact) mass is 281 g/mol. The molecule has 0 heterocycles. The molecule has 0 amide bonds. The third kappa shape index (κ3) is 2.48. The molecule has 0 unspecified atom stereocenters. The molecule has 0 aliphatic heterocycles. The molecule has 0 aliphatic rings. The van der Waals surface area contributed by atoms with Gasteiger partial charge in [0.25, 0.3) is 0 Å². The van der Waals surface area contributed by atoms with Crippen LogP contribution in [-0.4, -0.2) is 0 Å². The van der Waals surface area contributed by atoms with Crippen molar-refractivity contribution in [2.45, 2.75) is 6.54 Å². The number of rotatable bonds is 4. The molecule has 4 heteroatoms. The molecule has 0 saturated carbocycles. The van der Waals surface area contributed by atoms with E-state index in [0.29, 0.717) is 17.8 Å². The number of nitrogens with one attached hydrogen (secondary N) is 1. The Bertz CT molecular complexity index is 832. The molecule has 3 aromatic carbocycles. The highest BCUT2D eigenvalue weighted by Crippen LogP contribution is 2.23. The molecule has 0 aliphatic carbocycles. The first-order valence-corrected chi connectivity index (χ1v) is 6.54. The summed E-state index contributed by atoms with van der Waals surface area (Å²) < 4.78 is 12.8. The maximum Gasteiger partial charge on any atom is 0.250 e. The largest absolute Gasteiger partial charge is 0.377 e. The van der Waals surface area contributed by atoms with Crippen LogP contribution >= 0.6 is 0 Å².